The predicted octanol–water partition coefficient (Wildman–Crippen LogP) is 3.25. The number of nitrogens with zero attached hydrogens (tertiary/aromatic N) is 4. The maximum atomic E-state index is 13.4. The van der Waals surface area contributed by atoms with Crippen molar-refractivity contribution in [2.45, 2.75) is 25.0 Å². The number of amides is 1. The van der Waals surface area contributed by atoms with Crippen LogP contribution in [0, 0.1) is 5.82 Å². The molecule has 1 saturated heterocycles. The van der Waals surface area contributed by atoms with E-state index < -0.39 is 11.4 Å². The highest BCUT2D eigenvalue weighted by atomic mass is 35.5. The third-order valence-corrected chi connectivity index (χ3v) is 6.49. The maximum Gasteiger partial charge on any atom is 0.265 e. The first kappa shape index (κ1) is 22.2. The molecule has 5 rings (SSSR count). The Hall–Kier alpha value is -3.56. The SMILES string of the molecule is O=C(c1ccc(F)c(Cl)c1)N1CCC(O)(Cn2c(-c3ccccc3)nc3[nH]ncc3c2=O)CC1. The number of hydrogen-bond acceptors (Lipinski definition) is 5. The van der Waals surface area contributed by atoms with Crippen LogP contribution in [0.25, 0.3) is 22.4 Å². The van der Waals surface area contributed by atoms with Gasteiger partial charge >= 0.3 is 0 Å². The van der Waals surface area contributed by atoms with Gasteiger partial charge in [0.1, 0.15) is 17.0 Å². The van der Waals surface area contributed by atoms with Gasteiger partial charge in [-0.25, -0.2) is 9.37 Å². The van der Waals surface area contributed by atoms with Gasteiger partial charge in [0.15, 0.2) is 5.65 Å². The second-order valence-corrected chi connectivity index (χ2v) is 8.88. The predicted molar refractivity (Wildman–Crippen MR) is 125 cm³/mol. The lowest BCUT2D eigenvalue weighted by Crippen LogP contribution is -2.50. The van der Waals surface area contributed by atoms with Crippen LogP contribution in [0.3, 0.4) is 0 Å². The molecule has 4 aromatic rings. The molecule has 1 aliphatic rings. The van der Waals surface area contributed by atoms with Crippen LogP contribution in [-0.2, 0) is 6.54 Å². The van der Waals surface area contributed by atoms with Crippen LogP contribution in [0.1, 0.15) is 23.2 Å². The lowest BCUT2D eigenvalue weighted by atomic mass is 9.90. The topological polar surface area (TPSA) is 104 Å². The molecule has 3 heterocycles. The van der Waals surface area contributed by atoms with Crippen molar-refractivity contribution in [1.29, 1.82) is 0 Å². The molecule has 8 nitrogen and oxygen atoms in total. The lowest BCUT2D eigenvalue weighted by molar-refractivity contribution is -0.0296. The van der Waals surface area contributed by atoms with E-state index in [4.69, 9.17) is 11.6 Å². The fourth-order valence-electron chi connectivity index (χ4n) is 4.27. The molecule has 2 aromatic heterocycles. The number of carbonyl (C=O) groups excluding carboxylic acids is 1. The molecule has 0 aliphatic carbocycles. The third-order valence-electron chi connectivity index (χ3n) is 6.20. The third kappa shape index (κ3) is 4.08. The number of benzene rings is 2. The highest BCUT2D eigenvalue weighted by molar-refractivity contribution is 6.31. The van der Waals surface area contributed by atoms with Gasteiger partial charge in [0.2, 0.25) is 0 Å². The van der Waals surface area contributed by atoms with Crippen molar-refractivity contribution >= 4 is 28.5 Å². The van der Waals surface area contributed by atoms with Crippen molar-refractivity contribution < 1.29 is 14.3 Å². The van der Waals surface area contributed by atoms with Gasteiger partial charge in [-0.2, -0.15) is 5.10 Å². The molecule has 34 heavy (non-hydrogen) atoms. The molecule has 174 valence electrons. The first-order valence-electron chi connectivity index (χ1n) is 10.8. The van der Waals surface area contributed by atoms with Crippen molar-refractivity contribution in [3.63, 3.8) is 0 Å². The van der Waals surface area contributed by atoms with Crippen molar-refractivity contribution in [1.82, 2.24) is 24.6 Å². The Labute approximate surface area is 198 Å². The fraction of sp³-hybridized carbons (Fsp3) is 0.250. The number of aromatic amines is 1. The summed E-state index contributed by atoms with van der Waals surface area (Å²) in [5, 5.41) is 18.3. The number of rotatable bonds is 4. The van der Waals surface area contributed by atoms with Crippen LogP contribution in [0.2, 0.25) is 5.02 Å². The molecule has 1 fully saturated rings. The monoisotopic (exact) mass is 481 g/mol. The van der Waals surface area contributed by atoms with Crippen molar-refractivity contribution in [3.05, 3.63) is 81.5 Å². The number of likely N-dealkylation sites (tertiary alicyclic amines) is 1. The molecule has 1 amide bonds. The Kier molecular flexibility index (Phi) is 5.66. The van der Waals surface area contributed by atoms with Gasteiger partial charge in [-0.3, -0.25) is 19.3 Å². The van der Waals surface area contributed by atoms with Gasteiger partial charge in [-0.05, 0) is 31.0 Å². The summed E-state index contributed by atoms with van der Waals surface area (Å²) in [6.45, 7) is 0.580. The number of hydrogen-bond donors (Lipinski definition) is 2. The van der Waals surface area contributed by atoms with Crippen LogP contribution >= 0.6 is 11.6 Å². The second-order valence-electron chi connectivity index (χ2n) is 8.47. The number of carbonyl (C=O) groups is 1. The summed E-state index contributed by atoms with van der Waals surface area (Å²) in [4.78, 5) is 32.3. The van der Waals surface area contributed by atoms with E-state index in [1.165, 1.54) is 22.9 Å². The van der Waals surface area contributed by atoms with E-state index in [-0.39, 0.29) is 54.5 Å². The summed E-state index contributed by atoms with van der Waals surface area (Å²) in [6, 6.07) is 13.1. The zero-order chi connectivity index (χ0) is 23.9. The number of piperidine rings is 1. The zero-order valence-corrected chi connectivity index (χ0v) is 18.8. The molecule has 1 aliphatic heterocycles. The largest absolute Gasteiger partial charge is 0.388 e. The summed E-state index contributed by atoms with van der Waals surface area (Å²) in [7, 11) is 0. The van der Waals surface area contributed by atoms with Crippen molar-refractivity contribution in [3.8, 4) is 11.4 Å². The van der Waals surface area contributed by atoms with E-state index in [0.717, 1.165) is 11.6 Å². The highest BCUT2D eigenvalue weighted by Crippen LogP contribution is 2.28. The molecular weight excluding hydrogens is 461 g/mol. The zero-order valence-electron chi connectivity index (χ0n) is 18.0. The Morgan fingerprint density at radius 2 is 1.91 bits per heavy atom. The van der Waals surface area contributed by atoms with Crippen LogP contribution < -0.4 is 5.56 Å². The molecule has 2 aromatic carbocycles. The fourth-order valence-corrected chi connectivity index (χ4v) is 4.45. The van der Waals surface area contributed by atoms with Crippen molar-refractivity contribution in [2.75, 3.05) is 13.1 Å². The van der Waals surface area contributed by atoms with E-state index >= 15 is 0 Å². The molecule has 0 atom stereocenters. The van der Waals surface area contributed by atoms with Crippen LogP contribution in [0.4, 0.5) is 4.39 Å². The van der Waals surface area contributed by atoms with Gasteiger partial charge in [0.05, 0.1) is 23.4 Å². The Balaban J connectivity index is 1.40. The maximum absolute atomic E-state index is 13.4. The molecule has 0 saturated carbocycles. The Morgan fingerprint density at radius 1 is 1.18 bits per heavy atom. The highest BCUT2D eigenvalue weighted by Gasteiger charge is 2.36. The van der Waals surface area contributed by atoms with E-state index in [2.05, 4.69) is 15.2 Å². The number of nitrogens with one attached hydrogen (secondary N) is 1. The summed E-state index contributed by atoms with van der Waals surface area (Å²) >= 11 is 5.82. The van der Waals surface area contributed by atoms with Crippen LogP contribution in [0.15, 0.2) is 59.5 Å². The smallest absolute Gasteiger partial charge is 0.265 e. The minimum atomic E-state index is -1.22. The van der Waals surface area contributed by atoms with E-state index in [0.29, 0.717) is 16.9 Å². The molecule has 0 spiro atoms. The van der Waals surface area contributed by atoms with Gasteiger partial charge in [-0.15, -0.1) is 0 Å². The molecular formula is C24H21ClFN5O3. The lowest BCUT2D eigenvalue weighted by Gasteiger charge is -2.38. The van der Waals surface area contributed by atoms with Gasteiger partial charge in [-0.1, -0.05) is 41.9 Å². The Morgan fingerprint density at radius 3 is 2.62 bits per heavy atom. The average Bonchev–Trinajstić information content (AvgIpc) is 3.32. The molecule has 0 bridgehead atoms. The van der Waals surface area contributed by atoms with Crippen molar-refractivity contribution in [2.24, 2.45) is 0 Å². The first-order chi connectivity index (χ1) is 16.3. The molecule has 10 heteroatoms. The van der Waals surface area contributed by atoms with Gasteiger partial charge < -0.3 is 10.0 Å². The number of H-pyrrole nitrogens is 1. The second kappa shape index (κ2) is 8.66. The number of fused-ring (bicyclic) bond motifs is 1. The van der Waals surface area contributed by atoms with Crippen LogP contribution in [0.5, 0.6) is 0 Å². The number of aliphatic hydroxyl groups is 1. The van der Waals surface area contributed by atoms with E-state index in [1.807, 2.05) is 30.3 Å². The molecule has 0 radical (unpaired) electrons. The average molecular weight is 482 g/mol. The molecule has 0 unspecified atom stereocenters. The van der Waals surface area contributed by atoms with Crippen LogP contribution in [-0.4, -0.2) is 54.4 Å². The molecule has 2 N–H and O–H groups in total. The van der Waals surface area contributed by atoms with Gasteiger partial charge in [0.25, 0.3) is 11.5 Å². The normalized spacial score (nSPS) is 15.6. The minimum Gasteiger partial charge on any atom is -0.388 e. The summed E-state index contributed by atoms with van der Waals surface area (Å²) in [6.07, 6.45) is 1.95. The summed E-state index contributed by atoms with van der Waals surface area (Å²) < 4.78 is 14.9. The number of aromatic nitrogens is 4. The Bertz CT molecular complexity index is 1430. The minimum absolute atomic E-state index is 0.0224. The quantitative estimate of drug-likeness (QED) is 0.465. The van der Waals surface area contributed by atoms with Gasteiger partial charge in [0, 0.05) is 24.2 Å². The summed E-state index contributed by atoms with van der Waals surface area (Å²) in [5.74, 6) is -0.447. The number of halogens is 2. The standard InChI is InChI=1S/C24H21ClFN5O3/c25-18-12-16(6-7-19(18)26)22(32)30-10-8-24(34,9-11-30)14-31-21(15-4-2-1-3-5-15)28-20-17(23(31)33)13-27-29-20/h1-7,12-13,34H,8-11,14H2,(H,27,29). The van der Waals surface area contributed by atoms with E-state index in [9.17, 15) is 19.1 Å². The first-order valence-corrected chi connectivity index (χ1v) is 11.2. The summed E-state index contributed by atoms with van der Waals surface area (Å²) in [5.41, 5.74) is -0.116. The van der Waals surface area contributed by atoms with E-state index in [1.54, 1.807) is 4.90 Å².